The molecule has 0 aliphatic rings. The lowest BCUT2D eigenvalue weighted by molar-refractivity contribution is -0.385. The number of benzene rings is 1. The number of hydrogen-bond donors (Lipinski definition) is 1. The fourth-order valence-electron chi connectivity index (χ4n) is 1.81. The van der Waals surface area contributed by atoms with Gasteiger partial charge in [0.2, 0.25) is 0 Å². The smallest absolute Gasteiger partial charge is 0.418 e. The van der Waals surface area contributed by atoms with Crippen molar-refractivity contribution in [2.24, 2.45) is 0 Å². The van der Waals surface area contributed by atoms with Gasteiger partial charge in [0, 0.05) is 30.8 Å². The van der Waals surface area contributed by atoms with Crippen LogP contribution in [0.1, 0.15) is 11.3 Å². The predicted molar refractivity (Wildman–Crippen MR) is 69.0 cm³/mol. The largest absolute Gasteiger partial charge is 0.469 e. The van der Waals surface area contributed by atoms with Crippen LogP contribution in [-0.4, -0.2) is 11.5 Å². The first-order chi connectivity index (χ1) is 9.88. The number of non-ortho nitro benzene ring substituents is 1. The van der Waals surface area contributed by atoms with Crippen LogP contribution in [0.15, 0.2) is 41.0 Å². The van der Waals surface area contributed by atoms with Gasteiger partial charge in [0.05, 0.1) is 16.7 Å². The Kier molecular flexibility index (Phi) is 4.15. The van der Waals surface area contributed by atoms with Crippen LogP contribution in [0, 0.1) is 10.1 Å². The summed E-state index contributed by atoms with van der Waals surface area (Å²) >= 11 is 0. The van der Waals surface area contributed by atoms with Crippen molar-refractivity contribution in [3.63, 3.8) is 0 Å². The van der Waals surface area contributed by atoms with E-state index in [2.05, 4.69) is 5.32 Å². The summed E-state index contributed by atoms with van der Waals surface area (Å²) in [6.45, 7) is 0.217. The second-order valence-electron chi connectivity index (χ2n) is 4.24. The second-order valence-corrected chi connectivity index (χ2v) is 4.24. The fraction of sp³-hybridized carbons (Fsp3) is 0.231. The molecule has 5 nitrogen and oxygen atoms in total. The van der Waals surface area contributed by atoms with Gasteiger partial charge >= 0.3 is 6.18 Å². The van der Waals surface area contributed by atoms with Crippen LogP contribution < -0.4 is 5.32 Å². The molecule has 21 heavy (non-hydrogen) atoms. The fourth-order valence-corrected chi connectivity index (χ4v) is 1.81. The van der Waals surface area contributed by atoms with E-state index < -0.39 is 22.4 Å². The Labute approximate surface area is 117 Å². The van der Waals surface area contributed by atoms with Crippen molar-refractivity contribution in [1.82, 2.24) is 0 Å². The third-order valence-corrected chi connectivity index (χ3v) is 2.79. The molecule has 8 heteroatoms. The molecule has 0 unspecified atom stereocenters. The third kappa shape index (κ3) is 3.74. The Morgan fingerprint density at radius 3 is 2.62 bits per heavy atom. The van der Waals surface area contributed by atoms with E-state index in [1.165, 1.54) is 6.26 Å². The summed E-state index contributed by atoms with van der Waals surface area (Å²) in [5, 5.41) is 13.2. The summed E-state index contributed by atoms with van der Waals surface area (Å²) in [4.78, 5) is 9.71. The lowest BCUT2D eigenvalue weighted by atomic mass is 10.1. The Bertz CT molecular complexity index is 624. The molecule has 0 bridgehead atoms. The van der Waals surface area contributed by atoms with Crippen LogP contribution in [0.4, 0.5) is 24.5 Å². The standard InChI is InChI=1S/C13H11F3N2O3/c14-13(15,16)11-8-9(18(19)20)3-4-12(11)17-6-5-10-2-1-7-21-10/h1-4,7-8,17H,5-6H2. The lowest BCUT2D eigenvalue weighted by Crippen LogP contribution is -2.13. The minimum Gasteiger partial charge on any atom is -0.469 e. The van der Waals surface area contributed by atoms with Gasteiger partial charge in [-0.2, -0.15) is 13.2 Å². The van der Waals surface area contributed by atoms with E-state index in [0.717, 1.165) is 12.1 Å². The van der Waals surface area contributed by atoms with Gasteiger partial charge in [-0.05, 0) is 18.2 Å². The molecule has 0 saturated carbocycles. The van der Waals surface area contributed by atoms with Gasteiger partial charge in [-0.1, -0.05) is 0 Å². The van der Waals surface area contributed by atoms with Crippen molar-refractivity contribution in [2.75, 3.05) is 11.9 Å². The molecule has 0 spiro atoms. The van der Waals surface area contributed by atoms with Gasteiger partial charge in [-0.15, -0.1) is 0 Å². The zero-order valence-electron chi connectivity index (χ0n) is 10.7. The van der Waals surface area contributed by atoms with Gasteiger partial charge in [-0.3, -0.25) is 10.1 Å². The molecule has 0 saturated heterocycles. The molecule has 0 radical (unpaired) electrons. The molecule has 1 heterocycles. The van der Waals surface area contributed by atoms with Crippen LogP contribution in [0.3, 0.4) is 0 Å². The molecule has 1 aromatic heterocycles. The maximum atomic E-state index is 12.9. The van der Waals surface area contributed by atoms with Gasteiger partial charge in [-0.25, -0.2) is 0 Å². The summed E-state index contributed by atoms with van der Waals surface area (Å²) in [5.41, 5.74) is -1.85. The topological polar surface area (TPSA) is 68.3 Å². The van der Waals surface area contributed by atoms with Gasteiger partial charge in [0.1, 0.15) is 5.76 Å². The summed E-state index contributed by atoms with van der Waals surface area (Å²) in [6.07, 6.45) is -2.79. The number of nitro groups is 1. The van der Waals surface area contributed by atoms with Crippen LogP contribution in [-0.2, 0) is 12.6 Å². The van der Waals surface area contributed by atoms with Crippen LogP contribution in [0.2, 0.25) is 0 Å². The summed E-state index contributed by atoms with van der Waals surface area (Å²) in [5.74, 6) is 0.637. The Balaban J connectivity index is 2.16. The highest BCUT2D eigenvalue weighted by molar-refractivity contribution is 5.57. The molecule has 112 valence electrons. The Morgan fingerprint density at radius 2 is 2.05 bits per heavy atom. The van der Waals surface area contributed by atoms with E-state index in [0.29, 0.717) is 18.2 Å². The molecule has 0 aliphatic carbocycles. The average molecular weight is 300 g/mol. The molecule has 1 aromatic carbocycles. The lowest BCUT2D eigenvalue weighted by Gasteiger charge is -2.14. The highest BCUT2D eigenvalue weighted by atomic mass is 19.4. The average Bonchev–Trinajstić information content (AvgIpc) is 2.90. The number of nitrogens with zero attached hydrogens (tertiary/aromatic N) is 1. The second kappa shape index (κ2) is 5.86. The highest BCUT2D eigenvalue weighted by Crippen LogP contribution is 2.37. The molecular formula is C13H11F3N2O3. The zero-order valence-corrected chi connectivity index (χ0v) is 10.7. The number of alkyl halides is 3. The molecule has 0 amide bonds. The first-order valence-electron chi connectivity index (χ1n) is 6.00. The highest BCUT2D eigenvalue weighted by Gasteiger charge is 2.35. The number of anilines is 1. The number of nitrogens with one attached hydrogen (secondary N) is 1. The maximum Gasteiger partial charge on any atom is 0.418 e. The molecule has 0 atom stereocenters. The van der Waals surface area contributed by atoms with Crippen LogP contribution in [0.5, 0.6) is 0 Å². The van der Waals surface area contributed by atoms with Crippen molar-refractivity contribution in [2.45, 2.75) is 12.6 Å². The van der Waals surface area contributed by atoms with E-state index in [9.17, 15) is 23.3 Å². The number of furan rings is 1. The normalized spacial score (nSPS) is 11.4. The number of nitro benzene ring substituents is 1. The molecule has 2 aromatic rings. The summed E-state index contributed by atoms with van der Waals surface area (Å²) in [7, 11) is 0. The van der Waals surface area contributed by atoms with E-state index in [4.69, 9.17) is 4.42 Å². The first-order valence-corrected chi connectivity index (χ1v) is 6.00. The minimum atomic E-state index is -4.67. The van der Waals surface area contributed by atoms with Crippen molar-refractivity contribution in [1.29, 1.82) is 0 Å². The Morgan fingerprint density at radius 1 is 1.29 bits per heavy atom. The number of hydrogen-bond acceptors (Lipinski definition) is 4. The van der Waals surface area contributed by atoms with E-state index in [-0.39, 0.29) is 12.2 Å². The third-order valence-electron chi connectivity index (χ3n) is 2.79. The predicted octanol–water partition coefficient (Wildman–Crippen LogP) is 3.86. The van der Waals surface area contributed by atoms with Crippen LogP contribution in [0.25, 0.3) is 0 Å². The molecular weight excluding hydrogens is 289 g/mol. The maximum absolute atomic E-state index is 12.9. The number of halogens is 3. The quantitative estimate of drug-likeness (QED) is 0.672. The molecule has 0 aliphatic heterocycles. The SMILES string of the molecule is O=[N+]([O-])c1ccc(NCCc2ccco2)c(C(F)(F)F)c1. The molecule has 0 fully saturated rings. The minimum absolute atomic E-state index is 0.195. The molecule has 2 rings (SSSR count). The monoisotopic (exact) mass is 300 g/mol. The van der Waals surface area contributed by atoms with Crippen molar-refractivity contribution >= 4 is 11.4 Å². The zero-order chi connectivity index (χ0) is 15.5. The van der Waals surface area contributed by atoms with Gasteiger partial charge in [0.25, 0.3) is 5.69 Å². The van der Waals surface area contributed by atoms with Crippen molar-refractivity contribution in [3.05, 3.63) is 58.0 Å². The van der Waals surface area contributed by atoms with E-state index in [1.807, 2.05) is 0 Å². The molecule has 1 N–H and O–H groups in total. The first kappa shape index (κ1) is 14.9. The number of rotatable bonds is 5. The van der Waals surface area contributed by atoms with Crippen LogP contribution >= 0.6 is 0 Å². The van der Waals surface area contributed by atoms with E-state index in [1.54, 1.807) is 12.1 Å². The van der Waals surface area contributed by atoms with Gasteiger partial charge < -0.3 is 9.73 Å². The van der Waals surface area contributed by atoms with Gasteiger partial charge in [0.15, 0.2) is 0 Å². The van der Waals surface area contributed by atoms with Crippen molar-refractivity contribution < 1.29 is 22.5 Å². The summed E-state index contributed by atoms with van der Waals surface area (Å²) in [6, 6.07) is 6.01. The van der Waals surface area contributed by atoms with E-state index >= 15 is 0 Å². The van der Waals surface area contributed by atoms with Crippen molar-refractivity contribution in [3.8, 4) is 0 Å². The summed E-state index contributed by atoms with van der Waals surface area (Å²) < 4.78 is 43.8. The Hall–Kier alpha value is -2.51.